The normalized spacial score (nSPS) is 21.0. The zero-order chi connectivity index (χ0) is 17.0. The predicted octanol–water partition coefficient (Wildman–Crippen LogP) is 2.59. The van der Waals surface area contributed by atoms with Gasteiger partial charge in [0.05, 0.1) is 13.0 Å². The zero-order valence-corrected chi connectivity index (χ0v) is 14.0. The monoisotopic (exact) mass is 319 g/mol. The minimum atomic E-state index is -0.793. The van der Waals surface area contributed by atoms with Gasteiger partial charge in [-0.05, 0) is 37.0 Å². The summed E-state index contributed by atoms with van der Waals surface area (Å²) in [6.45, 7) is 4.67. The molecule has 0 bridgehead atoms. The van der Waals surface area contributed by atoms with Crippen LogP contribution in [0.4, 0.5) is 0 Å². The quantitative estimate of drug-likeness (QED) is 0.845. The number of methoxy groups -OCH3 is 1. The molecule has 1 fully saturated rings. The lowest BCUT2D eigenvalue weighted by molar-refractivity contribution is -0.141. The molecule has 1 saturated carbocycles. The number of amides is 1. The maximum absolute atomic E-state index is 12.3. The van der Waals surface area contributed by atoms with Crippen molar-refractivity contribution >= 4 is 11.9 Å². The largest absolute Gasteiger partial charge is 0.497 e. The van der Waals surface area contributed by atoms with Gasteiger partial charge in [-0.3, -0.25) is 9.59 Å². The van der Waals surface area contributed by atoms with Crippen LogP contribution in [-0.2, 0) is 15.0 Å². The Labute approximate surface area is 137 Å². The summed E-state index contributed by atoms with van der Waals surface area (Å²) < 4.78 is 5.16. The standard InChI is InChI=1S/C18H25NO4/c1-18(2,14-6-8-15(23-3)9-7-14)11-19-16(20)12-4-5-13(10-12)17(21)22/h6-9,12-13H,4-5,10-11H2,1-3H3,(H,19,20)(H,21,22)/t12-,13+/m1/s1. The summed E-state index contributed by atoms with van der Waals surface area (Å²) in [7, 11) is 1.63. The number of rotatable bonds is 6. The van der Waals surface area contributed by atoms with Gasteiger partial charge in [0.1, 0.15) is 5.75 Å². The molecule has 2 atom stereocenters. The average Bonchev–Trinajstić information content (AvgIpc) is 3.03. The third-order valence-electron chi connectivity index (χ3n) is 4.73. The van der Waals surface area contributed by atoms with Crippen LogP contribution in [-0.4, -0.2) is 30.6 Å². The molecule has 0 heterocycles. The second-order valence-electron chi connectivity index (χ2n) is 6.88. The van der Waals surface area contributed by atoms with Gasteiger partial charge in [-0.1, -0.05) is 26.0 Å². The molecule has 0 spiro atoms. The van der Waals surface area contributed by atoms with E-state index < -0.39 is 5.97 Å². The maximum Gasteiger partial charge on any atom is 0.306 e. The third-order valence-corrected chi connectivity index (χ3v) is 4.73. The fraction of sp³-hybridized carbons (Fsp3) is 0.556. The van der Waals surface area contributed by atoms with Crippen LogP contribution in [0, 0.1) is 11.8 Å². The number of carbonyl (C=O) groups excluding carboxylic acids is 1. The number of carboxylic acid groups (broad SMARTS) is 1. The average molecular weight is 319 g/mol. The van der Waals surface area contributed by atoms with Crippen molar-refractivity contribution in [2.24, 2.45) is 11.8 Å². The molecule has 1 aliphatic rings. The Balaban J connectivity index is 1.90. The lowest BCUT2D eigenvalue weighted by Gasteiger charge is -2.26. The molecule has 1 aromatic carbocycles. The van der Waals surface area contributed by atoms with Gasteiger partial charge in [0.25, 0.3) is 0 Å². The van der Waals surface area contributed by atoms with Crippen molar-refractivity contribution in [1.82, 2.24) is 5.32 Å². The Morgan fingerprint density at radius 3 is 2.35 bits per heavy atom. The second-order valence-corrected chi connectivity index (χ2v) is 6.88. The summed E-state index contributed by atoms with van der Waals surface area (Å²) in [5, 5.41) is 12.0. The van der Waals surface area contributed by atoms with Crippen LogP contribution in [0.25, 0.3) is 0 Å². The van der Waals surface area contributed by atoms with E-state index in [9.17, 15) is 9.59 Å². The molecule has 0 aliphatic heterocycles. The van der Waals surface area contributed by atoms with Crippen LogP contribution in [0.15, 0.2) is 24.3 Å². The van der Waals surface area contributed by atoms with E-state index in [1.165, 1.54) is 0 Å². The van der Waals surface area contributed by atoms with E-state index in [0.29, 0.717) is 25.8 Å². The van der Waals surface area contributed by atoms with E-state index in [1.54, 1.807) is 7.11 Å². The van der Waals surface area contributed by atoms with Crippen LogP contribution in [0.2, 0.25) is 0 Å². The SMILES string of the molecule is COc1ccc(C(C)(C)CNC(=O)[C@@H]2CC[C@H](C(=O)O)C2)cc1. The highest BCUT2D eigenvalue weighted by Gasteiger charge is 2.34. The predicted molar refractivity (Wildman–Crippen MR) is 87.5 cm³/mol. The first-order valence-corrected chi connectivity index (χ1v) is 7.98. The topological polar surface area (TPSA) is 75.6 Å². The van der Waals surface area contributed by atoms with Crippen molar-refractivity contribution in [3.05, 3.63) is 29.8 Å². The molecule has 5 heteroatoms. The number of aliphatic carboxylic acids is 1. The number of benzene rings is 1. The number of hydrogen-bond donors (Lipinski definition) is 2. The van der Waals surface area contributed by atoms with E-state index in [1.807, 2.05) is 24.3 Å². The molecule has 1 aromatic rings. The molecule has 0 saturated heterocycles. The lowest BCUT2D eigenvalue weighted by Crippen LogP contribution is -2.39. The fourth-order valence-corrected chi connectivity index (χ4v) is 3.04. The molecule has 23 heavy (non-hydrogen) atoms. The van der Waals surface area contributed by atoms with Crippen LogP contribution in [0.1, 0.15) is 38.7 Å². The summed E-state index contributed by atoms with van der Waals surface area (Å²) in [6, 6.07) is 7.82. The van der Waals surface area contributed by atoms with Crippen molar-refractivity contribution < 1.29 is 19.4 Å². The lowest BCUT2D eigenvalue weighted by atomic mass is 9.84. The molecular formula is C18H25NO4. The molecule has 1 amide bonds. The van der Waals surface area contributed by atoms with E-state index >= 15 is 0 Å². The zero-order valence-electron chi connectivity index (χ0n) is 14.0. The molecule has 5 nitrogen and oxygen atoms in total. The van der Waals surface area contributed by atoms with Crippen LogP contribution in [0.3, 0.4) is 0 Å². The molecular weight excluding hydrogens is 294 g/mol. The fourth-order valence-electron chi connectivity index (χ4n) is 3.04. The van der Waals surface area contributed by atoms with Crippen LogP contribution < -0.4 is 10.1 Å². The Hall–Kier alpha value is -2.04. The molecule has 0 radical (unpaired) electrons. The number of hydrogen-bond acceptors (Lipinski definition) is 3. The summed E-state index contributed by atoms with van der Waals surface area (Å²) in [5.74, 6) is -0.573. The van der Waals surface area contributed by atoms with Gasteiger partial charge in [0, 0.05) is 17.9 Å². The molecule has 0 aromatic heterocycles. The second kappa shape index (κ2) is 7.02. The summed E-state index contributed by atoms with van der Waals surface area (Å²) in [6.07, 6.45) is 1.70. The summed E-state index contributed by atoms with van der Waals surface area (Å²) in [4.78, 5) is 23.3. The molecule has 1 aliphatic carbocycles. The Kier molecular flexibility index (Phi) is 5.29. The number of carboxylic acids is 1. The van der Waals surface area contributed by atoms with E-state index in [4.69, 9.17) is 9.84 Å². The number of ether oxygens (including phenoxy) is 1. The molecule has 2 N–H and O–H groups in total. The smallest absolute Gasteiger partial charge is 0.306 e. The minimum Gasteiger partial charge on any atom is -0.497 e. The Bertz CT molecular complexity index is 565. The van der Waals surface area contributed by atoms with Crippen LogP contribution in [0.5, 0.6) is 5.75 Å². The first-order chi connectivity index (χ1) is 10.8. The highest BCUT2D eigenvalue weighted by molar-refractivity contribution is 5.80. The first kappa shape index (κ1) is 17.3. The maximum atomic E-state index is 12.3. The summed E-state index contributed by atoms with van der Waals surface area (Å²) >= 11 is 0. The van der Waals surface area contributed by atoms with Gasteiger partial charge in [-0.15, -0.1) is 0 Å². The van der Waals surface area contributed by atoms with E-state index in [2.05, 4.69) is 19.2 Å². The highest BCUT2D eigenvalue weighted by atomic mass is 16.5. The first-order valence-electron chi connectivity index (χ1n) is 7.98. The molecule has 126 valence electrons. The van der Waals surface area contributed by atoms with E-state index in [-0.39, 0.29) is 23.2 Å². The number of nitrogens with one attached hydrogen (secondary N) is 1. The van der Waals surface area contributed by atoms with Gasteiger partial charge in [-0.2, -0.15) is 0 Å². The van der Waals surface area contributed by atoms with Crippen molar-refractivity contribution in [2.75, 3.05) is 13.7 Å². The highest BCUT2D eigenvalue weighted by Crippen LogP contribution is 2.31. The van der Waals surface area contributed by atoms with Crippen molar-refractivity contribution in [2.45, 2.75) is 38.5 Å². The van der Waals surface area contributed by atoms with Gasteiger partial charge in [-0.25, -0.2) is 0 Å². The summed E-state index contributed by atoms with van der Waals surface area (Å²) in [5.41, 5.74) is 0.917. The number of carbonyl (C=O) groups is 2. The van der Waals surface area contributed by atoms with Crippen molar-refractivity contribution in [1.29, 1.82) is 0 Å². The van der Waals surface area contributed by atoms with Crippen molar-refractivity contribution in [3.63, 3.8) is 0 Å². The molecule has 2 rings (SSSR count). The van der Waals surface area contributed by atoms with Gasteiger partial charge < -0.3 is 15.2 Å². The molecule has 0 unspecified atom stereocenters. The van der Waals surface area contributed by atoms with E-state index in [0.717, 1.165) is 11.3 Å². The Morgan fingerprint density at radius 2 is 1.83 bits per heavy atom. The third kappa shape index (κ3) is 4.24. The minimum absolute atomic E-state index is 0.0321. The van der Waals surface area contributed by atoms with Crippen molar-refractivity contribution in [3.8, 4) is 5.75 Å². The van der Waals surface area contributed by atoms with Crippen LogP contribution >= 0.6 is 0 Å². The van der Waals surface area contributed by atoms with Gasteiger partial charge in [0.15, 0.2) is 0 Å². The Morgan fingerprint density at radius 1 is 1.22 bits per heavy atom. The van der Waals surface area contributed by atoms with Gasteiger partial charge >= 0.3 is 5.97 Å². The van der Waals surface area contributed by atoms with Gasteiger partial charge in [0.2, 0.25) is 5.91 Å².